The summed E-state index contributed by atoms with van der Waals surface area (Å²) in [7, 11) is 1.30. The Morgan fingerprint density at radius 1 is 1.32 bits per heavy atom. The van der Waals surface area contributed by atoms with E-state index in [1.165, 1.54) is 13.2 Å². The molecular formula is C13H17F3N2O. The molecule has 1 aromatic rings. The molecule has 106 valence electrons. The first-order valence-corrected chi connectivity index (χ1v) is 6.21. The van der Waals surface area contributed by atoms with Crippen LogP contribution >= 0.6 is 0 Å². The Bertz CT molecular complexity index is 436. The zero-order chi connectivity index (χ0) is 13.8. The summed E-state index contributed by atoms with van der Waals surface area (Å²) in [5.41, 5.74) is -0.247. The van der Waals surface area contributed by atoms with E-state index in [0.717, 1.165) is 6.07 Å². The van der Waals surface area contributed by atoms with Gasteiger partial charge in [-0.1, -0.05) is 0 Å². The first-order valence-electron chi connectivity index (χ1n) is 6.21. The van der Waals surface area contributed by atoms with Crippen molar-refractivity contribution in [1.82, 2.24) is 10.2 Å². The van der Waals surface area contributed by atoms with Crippen LogP contribution in [0.25, 0.3) is 0 Å². The van der Waals surface area contributed by atoms with Gasteiger partial charge in [0.1, 0.15) is 12.5 Å². The van der Waals surface area contributed by atoms with Crippen molar-refractivity contribution in [1.29, 1.82) is 0 Å². The molecule has 1 saturated heterocycles. The molecule has 1 aliphatic rings. The number of rotatable bonds is 4. The lowest BCUT2D eigenvalue weighted by Gasteiger charge is -2.34. The normalized spacial score (nSPS) is 18.3. The van der Waals surface area contributed by atoms with Gasteiger partial charge in [0.2, 0.25) is 0 Å². The summed E-state index contributed by atoms with van der Waals surface area (Å²) in [5.74, 6) is -1.62. The molecular weight excluding hydrogens is 257 g/mol. The molecule has 0 aliphatic carbocycles. The first kappa shape index (κ1) is 14.1. The zero-order valence-electron chi connectivity index (χ0n) is 10.8. The number of piperazine rings is 1. The van der Waals surface area contributed by atoms with Crippen molar-refractivity contribution in [3.05, 3.63) is 29.3 Å². The number of alkyl halides is 1. The molecule has 1 heterocycles. The fourth-order valence-corrected chi connectivity index (χ4v) is 2.36. The Balaban J connectivity index is 2.36. The van der Waals surface area contributed by atoms with Crippen molar-refractivity contribution >= 4 is 0 Å². The van der Waals surface area contributed by atoms with Crippen LogP contribution in [0.15, 0.2) is 12.1 Å². The Morgan fingerprint density at radius 2 is 2.00 bits per heavy atom. The quantitative estimate of drug-likeness (QED) is 0.907. The third kappa shape index (κ3) is 2.84. The van der Waals surface area contributed by atoms with Gasteiger partial charge in [0.15, 0.2) is 11.6 Å². The van der Waals surface area contributed by atoms with E-state index in [1.807, 2.05) is 0 Å². The van der Waals surface area contributed by atoms with E-state index in [-0.39, 0.29) is 11.3 Å². The average Bonchev–Trinajstić information content (AvgIpc) is 2.44. The first-order chi connectivity index (χ1) is 9.19. The van der Waals surface area contributed by atoms with Crippen LogP contribution in [0.3, 0.4) is 0 Å². The molecule has 0 saturated carbocycles. The van der Waals surface area contributed by atoms with Crippen LogP contribution in [0.2, 0.25) is 0 Å². The van der Waals surface area contributed by atoms with Crippen molar-refractivity contribution < 1.29 is 17.9 Å². The van der Waals surface area contributed by atoms with Crippen LogP contribution < -0.4 is 10.1 Å². The maximum absolute atomic E-state index is 14.2. The van der Waals surface area contributed by atoms with E-state index >= 15 is 0 Å². The molecule has 6 heteroatoms. The second kappa shape index (κ2) is 6.25. The van der Waals surface area contributed by atoms with E-state index in [9.17, 15) is 13.2 Å². The smallest absolute Gasteiger partial charge is 0.172 e. The summed E-state index contributed by atoms with van der Waals surface area (Å²) < 4.78 is 46.1. The lowest BCUT2D eigenvalue weighted by Crippen LogP contribution is -2.46. The van der Waals surface area contributed by atoms with Gasteiger partial charge >= 0.3 is 0 Å². The maximum atomic E-state index is 14.2. The Hall–Kier alpha value is -1.27. The van der Waals surface area contributed by atoms with Crippen LogP contribution in [0, 0.1) is 11.6 Å². The molecule has 1 aliphatic heterocycles. The number of nitrogens with zero attached hydrogens (tertiary/aromatic N) is 1. The van der Waals surface area contributed by atoms with Gasteiger partial charge < -0.3 is 10.1 Å². The van der Waals surface area contributed by atoms with E-state index in [0.29, 0.717) is 26.2 Å². The largest absolute Gasteiger partial charge is 0.494 e. The number of benzene rings is 1. The Labute approximate surface area is 110 Å². The summed E-state index contributed by atoms with van der Waals surface area (Å²) in [6, 6.07) is 1.42. The van der Waals surface area contributed by atoms with E-state index in [1.54, 1.807) is 4.90 Å². The van der Waals surface area contributed by atoms with E-state index < -0.39 is 24.4 Å². The van der Waals surface area contributed by atoms with E-state index in [4.69, 9.17) is 4.74 Å². The highest BCUT2D eigenvalue weighted by atomic mass is 19.1. The number of hydrogen-bond donors (Lipinski definition) is 1. The highest BCUT2D eigenvalue weighted by Gasteiger charge is 2.29. The van der Waals surface area contributed by atoms with Gasteiger partial charge in [0, 0.05) is 31.7 Å². The molecule has 2 rings (SSSR count). The van der Waals surface area contributed by atoms with Gasteiger partial charge in [0.05, 0.1) is 13.2 Å². The molecule has 1 N–H and O–H groups in total. The van der Waals surface area contributed by atoms with Crippen molar-refractivity contribution in [2.45, 2.75) is 6.04 Å². The number of halogens is 3. The molecule has 0 aromatic heterocycles. The molecule has 1 fully saturated rings. The average molecular weight is 274 g/mol. The van der Waals surface area contributed by atoms with Gasteiger partial charge in [-0.25, -0.2) is 13.2 Å². The fraction of sp³-hybridized carbons (Fsp3) is 0.538. The number of methoxy groups -OCH3 is 1. The SMILES string of the molecule is COc1ccc(F)c([C@H](CF)N2CCNCC2)c1F. The van der Waals surface area contributed by atoms with Crippen molar-refractivity contribution in [3.63, 3.8) is 0 Å². The van der Waals surface area contributed by atoms with Gasteiger partial charge in [0.25, 0.3) is 0 Å². The molecule has 0 unspecified atom stereocenters. The number of ether oxygens (including phenoxy) is 1. The molecule has 3 nitrogen and oxygen atoms in total. The molecule has 0 amide bonds. The summed E-state index contributed by atoms with van der Waals surface area (Å²) in [6.45, 7) is 1.66. The second-order valence-corrected chi connectivity index (χ2v) is 4.43. The van der Waals surface area contributed by atoms with Crippen LogP contribution in [0.4, 0.5) is 13.2 Å². The van der Waals surface area contributed by atoms with Crippen LogP contribution in [0.1, 0.15) is 11.6 Å². The summed E-state index contributed by atoms with van der Waals surface area (Å²) >= 11 is 0. The van der Waals surface area contributed by atoms with Crippen LogP contribution in [-0.4, -0.2) is 44.9 Å². The minimum absolute atomic E-state index is 0.0648. The Morgan fingerprint density at radius 3 is 2.58 bits per heavy atom. The molecule has 19 heavy (non-hydrogen) atoms. The predicted molar refractivity (Wildman–Crippen MR) is 66.1 cm³/mol. The minimum Gasteiger partial charge on any atom is -0.494 e. The van der Waals surface area contributed by atoms with Gasteiger partial charge in [-0.2, -0.15) is 0 Å². The fourth-order valence-electron chi connectivity index (χ4n) is 2.36. The lowest BCUT2D eigenvalue weighted by molar-refractivity contribution is 0.140. The Kier molecular flexibility index (Phi) is 4.66. The van der Waals surface area contributed by atoms with Crippen molar-refractivity contribution in [3.8, 4) is 5.75 Å². The lowest BCUT2D eigenvalue weighted by atomic mass is 10.0. The third-order valence-corrected chi connectivity index (χ3v) is 3.38. The third-order valence-electron chi connectivity index (χ3n) is 3.38. The highest BCUT2D eigenvalue weighted by molar-refractivity contribution is 5.34. The molecule has 1 atom stereocenters. The van der Waals surface area contributed by atoms with Crippen LogP contribution in [0.5, 0.6) is 5.75 Å². The minimum atomic E-state index is -0.905. The van der Waals surface area contributed by atoms with Crippen molar-refractivity contribution in [2.75, 3.05) is 40.0 Å². The molecule has 1 aromatic carbocycles. The van der Waals surface area contributed by atoms with Crippen molar-refractivity contribution in [2.24, 2.45) is 0 Å². The molecule has 0 bridgehead atoms. The standard InChI is InChI=1S/C13H17F3N2O/c1-19-11-3-2-9(15)12(13(11)16)10(8-14)18-6-4-17-5-7-18/h2-3,10,17H,4-8H2,1H3/t10-/m0/s1. The predicted octanol–water partition coefficient (Wildman–Crippen LogP) is 1.89. The monoisotopic (exact) mass is 274 g/mol. The van der Waals surface area contributed by atoms with Gasteiger partial charge in [-0.3, -0.25) is 4.90 Å². The van der Waals surface area contributed by atoms with E-state index in [2.05, 4.69) is 5.32 Å². The maximum Gasteiger partial charge on any atom is 0.172 e. The molecule has 0 spiro atoms. The second-order valence-electron chi connectivity index (χ2n) is 4.43. The van der Waals surface area contributed by atoms with Gasteiger partial charge in [-0.05, 0) is 12.1 Å². The van der Waals surface area contributed by atoms with Gasteiger partial charge in [-0.15, -0.1) is 0 Å². The number of hydrogen-bond acceptors (Lipinski definition) is 3. The highest BCUT2D eigenvalue weighted by Crippen LogP contribution is 2.31. The summed E-state index contributed by atoms with van der Waals surface area (Å²) in [5, 5.41) is 3.12. The zero-order valence-corrected chi connectivity index (χ0v) is 10.8. The molecule has 0 radical (unpaired) electrons. The summed E-state index contributed by atoms with van der Waals surface area (Å²) in [4.78, 5) is 1.75. The summed E-state index contributed by atoms with van der Waals surface area (Å²) in [6.07, 6.45) is 0. The topological polar surface area (TPSA) is 24.5 Å². The van der Waals surface area contributed by atoms with Crippen LogP contribution in [-0.2, 0) is 0 Å². The number of nitrogens with one attached hydrogen (secondary N) is 1.